The predicted octanol–water partition coefficient (Wildman–Crippen LogP) is 3.64. The molecule has 1 aromatic carbocycles. The lowest BCUT2D eigenvalue weighted by Gasteiger charge is -2.19. The second-order valence-corrected chi connectivity index (χ2v) is 6.83. The van der Waals surface area contributed by atoms with Crippen LogP contribution in [0.4, 0.5) is 11.9 Å². The summed E-state index contributed by atoms with van der Waals surface area (Å²) in [6.45, 7) is 6.49. The number of aryl methyl sites for hydroxylation is 1. The van der Waals surface area contributed by atoms with Gasteiger partial charge in [0.2, 0.25) is 11.9 Å². The summed E-state index contributed by atoms with van der Waals surface area (Å²) in [6.07, 6.45) is 2.92. The summed E-state index contributed by atoms with van der Waals surface area (Å²) in [7, 11) is 0. The van der Waals surface area contributed by atoms with Crippen molar-refractivity contribution in [2.24, 2.45) is 5.92 Å². The first kappa shape index (κ1) is 17.3. The maximum atomic E-state index is 12.1. The number of carbonyl (C=O) groups excluding carboxylic acids is 1. The van der Waals surface area contributed by atoms with Crippen LogP contribution in [0.25, 0.3) is 10.9 Å². The van der Waals surface area contributed by atoms with Crippen molar-refractivity contribution in [2.75, 3.05) is 11.9 Å². The van der Waals surface area contributed by atoms with E-state index in [9.17, 15) is 4.79 Å². The van der Waals surface area contributed by atoms with Crippen LogP contribution in [0.2, 0.25) is 0 Å². The fourth-order valence-corrected chi connectivity index (χ4v) is 3.40. The molecule has 4 rings (SSSR count). The summed E-state index contributed by atoms with van der Waals surface area (Å²) >= 11 is 0. The molecule has 7 heteroatoms. The highest BCUT2D eigenvalue weighted by Crippen LogP contribution is 2.28. The zero-order valence-corrected chi connectivity index (χ0v) is 15.6. The van der Waals surface area contributed by atoms with E-state index in [1.807, 2.05) is 32.0 Å². The number of benzene rings is 1. The minimum atomic E-state index is 0.106. The van der Waals surface area contributed by atoms with Crippen LogP contribution in [0.3, 0.4) is 0 Å². The Morgan fingerprint density at radius 1 is 1.19 bits per heavy atom. The van der Waals surface area contributed by atoms with E-state index in [0.29, 0.717) is 42.2 Å². The van der Waals surface area contributed by atoms with Gasteiger partial charge >= 0.3 is 0 Å². The summed E-state index contributed by atoms with van der Waals surface area (Å²) in [5.41, 5.74) is 2.98. The molecule has 1 N–H and O–H groups in total. The topological polar surface area (TPSA) is 89.9 Å². The Morgan fingerprint density at radius 2 is 2.04 bits per heavy atom. The molecule has 1 atom stereocenters. The van der Waals surface area contributed by atoms with Gasteiger partial charge in [-0.1, -0.05) is 19.1 Å². The number of ether oxygens (including phenoxy) is 1. The minimum Gasteiger partial charge on any atom is -0.492 e. The first-order valence-electron chi connectivity index (χ1n) is 9.11. The molecule has 2 heterocycles. The van der Waals surface area contributed by atoms with Crippen LogP contribution in [0, 0.1) is 12.8 Å². The molecule has 0 saturated carbocycles. The van der Waals surface area contributed by atoms with Crippen molar-refractivity contribution in [3.8, 4) is 5.75 Å². The van der Waals surface area contributed by atoms with Crippen molar-refractivity contribution in [1.29, 1.82) is 0 Å². The maximum Gasteiger partial charge on any atom is 0.230 e. The number of hydrogen-bond acceptors (Lipinski definition) is 7. The van der Waals surface area contributed by atoms with E-state index in [4.69, 9.17) is 4.74 Å². The SMILES string of the molecule is CCOc1cccc2c(C)nc(Nc3ncc4c(n3)CC(C)CC4=O)nc12. The number of carbonyl (C=O) groups is 1. The molecule has 0 bridgehead atoms. The molecule has 0 aliphatic heterocycles. The molecule has 0 radical (unpaired) electrons. The second-order valence-electron chi connectivity index (χ2n) is 6.83. The van der Waals surface area contributed by atoms with Crippen molar-refractivity contribution in [3.05, 3.63) is 41.3 Å². The summed E-state index contributed by atoms with van der Waals surface area (Å²) < 4.78 is 5.69. The summed E-state index contributed by atoms with van der Waals surface area (Å²) in [4.78, 5) is 30.0. The van der Waals surface area contributed by atoms with Crippen LogP contribution in [-0.2, 0) is 6.42 Å². The third-order valence-corrected chi connectivity index (χ3v) is 4.65. The lowest BCUT2D eigenvalue weighted by molar-refractivity contribution is 0.0951. The number of nitrogens with one attached hydrogen (secondary N) is 1. The molecule has 1 aliphatic rings. The van der Waals surface area contributed by atoms with Gasteiger partial charge in [0.05, 0.1) is 23.6 Å². The van der Waals surface area contributed by atoms with Gasteiger partial charge in [0.15, 0.2) is 5.78 Å². The van der Waals surface area contributed by atoms with Gasteiger partial charge in [0.25, 0.3) is 0 Å². The highest BCUT2D eigenvalue weighted by molar-refractivity contribution is 5.98. The van der Waals surface area contributed by atoms with Gasteiger partial charge < -0.3 is 4.74 Å². The summed E-state index contributed by atoms with van der Waals surface area (Å²) in [5.74, 6) is 1.91. The number of aromatic nitrogens is 4. The van der Waals surface area contributed by atoms with Gasteiger partial charge in [0, 0.05) is 18.0 Å². The number of para-hydroxylation sites is 1. The number of Topliss-reactive ketones (excluding diaryl/α,β-unsaturated/α-hetero) is 1. The molecule has 2 aromatic heterocycles. The number of ketones is 1. The van der Waals surface area contributed by atoms with E-state index in [1.54, 1.807) is 6.20 Å². The van der Waals surface area contributed by atoms with Crippen molar-refractivity contribution < 1.29 is 9.53 Å². The van der Waals surface area contributed by atoms with Crippen LogP contribution in [0.15, 0.2) is 24.4 Å². The molecule has 0 saturated heterocycles. The fourth-order valence-electron chi connectivity index (χ4n) is 3.40. The van der Waals surface area contributed by atoms with Crippen LogP contribution in [0.5, 0.6) is 5.75 Å². The zero-order chi connectivity index (χ0) is 19.0. The monoisotopic (exact) mass is 363 g/mol. The Balaban J connectivity index is 1.71. The zero-order valence-electron chi connectivity index (χ0n) is 15.6. The van der Waals surface area contributed by atoms with Crippen LogP contribution in [-0.4, -0.2) is 32.3 Å². The molecule has 1 unspecified atom stereocenters. The lowest BCUT2D eigenvalue weighted by Crippen LogP contribution is -2.20. The highest BCUT2D eigenvalue weighted by atomic mass is 16.5. The average Bonchev–Trinajstić information content (AvgIpc) is 2.62. The van der Waals surface area contributed by atoms with Gasteiger partial charge in [-0.25, -0.2) is 19.9 Å². The fraction of sp³-hybridized carbons (Fsp3) is 0.350. The van der Waals surface area contributed by atoms with E-state index in [1.165, 1.54) is 0 Å². The van der Waals surface area contributed by atoms with Crippen molar-refractivity contribution >= 4 is 28.6 Å². The number of fused-ring (bicyclic) bond motifs is 2. The number of hydrogen-bond donors (Lipinski definition) is 1. The molecule has 1 aliphatic carbocycles. The Morgan fingerprint density at radius 3 is 2.85 bits per heavy atom. The van der Waals surface area contributed by atoms with Crippen molar-refractivity contribution in [3.63, 3.8) is 0 Å². The van der Waals surface area contributed by atoms with Gasteiger partial charge in [-0.3, -0.25) is 10.1 Å². The van der Waals surface area contributed by atoms with Gasteiger partial charge in [-0.05, 0) is 32.3 Å². The Bertz CT molecular complexity index is 1030. The minimum absolute atomic E-state index is 0.106. The Labute approximate surface area is 157 Å². The highest BCUT2D eigenvalue weighted by Gasteiger charge is 2.24. The number of nitrogens with zero attached hydrogens (tertiary/aromatic N) is 4. The lowest BCUT2D eigenvalue weighted by atomic mass is 9.88. The van der Waals surface area contributed by atoms with E-state index >= 15 is 0 Å². The molecule has 138 valence electrons. The molecule has 0 fully saturated rings. The Hall–Kier alpha value is -3.09. The smallest absolute Gasteiger partial charge is 0.230 e. The second kappa shape index (κ2) is 6.90. The quantitative estimate of drug-likeness (QED) is 0.757. The number of anilines is 2. The van der Waals surface area contributed by atoms with Crippen molar-refractivity contribution in [1.82, 2.24) is 19.9 Å². The standard InChI is InChI=1S/C20H21N5O2/c1-4-27-17-7-5-6-13-12(3)22-20(24-18(13)17)25-19-21-10-14-15(23-19)8-11(2)9-16(14)26/h5-7,10-11H,4,8-9H2,1-3H3,(H,21,22,23,24,25). The largest absolute Gasteiger partial charge is 0.492 e. The van der Waals surface area contributed by atoms with Gasteiger partial charge in [0.1, 0.15) is 11.3 Å². The van der Waals surface area contributed by atoms with E-state index in [-0.39, 0.29) is 5.78 Å². The first-order valence-corrected chi connectivity index (χ1v) is 9.11. The molecular formula is C20H21N5O2. The van der Waals surface area contributed by atoms with Gasteiger partial charge in [-0.2, -0.15) is 0 Å². The first-order chi connectivity index (χ1) is 13.0. The van der Waals surface area contributed by atoms with E-state index in [2.05, 4.69) is 32.2 Å². The van der Waals surface area contributed by atoms with Crippen LogP contribution >= 0.6 is 0 Å². The molecular weight excluding hydrogens is 342 g/mol. The van der Waals surface area contributed by atoms with E-state index < -0.39 is 0 Å². The molecule has 3 aromatic rings. The van der Waals surface area contributed by atoms with Gasteiger partial charge in [-0.15, -0.1) is 0 Å². The average molecular weight is 363 g/mol. The summed E-state index contributed by atoms with van der Waals surface area (Å²) in [6, 6.07) is 5.80. The van der Waals surface area contributed by atoms with Crippen LogP contribution < -0.4 is 10.1 Å². The molecule has 7 nitrogen and oxygen atoms in total. The molecule has 0 spiro atoms. The molecule has 27 heavy (non-hydrogen) atoms. The third-order valence-electron chi connectivity index (χ3n) is 4.65. The number of rotatable bonds is 4. The Kier molecular flexibility index (Phi) is 4.43. The predicted molar refractivity (Wildman–Crippen MR) is 103 cm³/mol. The van der Waals surface area contributed by atoms with E-state index in [0.717, 1.165) is 28.7 Å². The molecule has 0 amide bonds. The van der Waals surface area contributed by atoms with Crippen molar-refractivity contribution in [2.45, 2.75) is 33.6 Å². The van der Waals surface area contributed by atoms with Crippen LogP contribution in [0.1, 0.15) is 42.0 Å². The maximum absolute atomic E-state index is 12.1. The summed E-state index contributed by atoms with van der Waals surface area (Å²) in [5, 5.41) is 4.02. The normalized spacial score (nSPS) is 16.3. The third kappa shape index (κ3) is 3.32.